The number of hydrogen-bond acceptors (Lipinski definition) is 3. The van der Waals surface area contributed by atoms with Crippen LogP contribution in [0, 0.1) is 0 Å². The number of nitrogens with zero attached hydrogens (tertiary/aromatic N) is 1. The molecule has 0 aliphatic carbocycles. The van der Waals surface area contributed by atoms with E-state index in [1.807, 2.05) is 24.3 Å². The molecule has 0 unspecified atom stereocenters. The Morgan fingerprint density at radius 1 is 0.947 bits per heavy atom. The van der Waals surface area contributed by atoms with E-state index in [-0.39, 0.29) is 0 Å². The molecule has 0 radical (unpaired) electrons. The van der Waals surface area contributed by atoms with Crippen molar-refractivity contribution in [1.29, 1.82) is 0 Å². The molecule has 0 atom stereocenters. The molecule has 0 bridgehead atoms. The summed E-state index contributed by atoms with van der Waals surface area (Å²) in [6.07, 6.45) is 0. The van der Waals surface area contributed by atoms with Gasteiger partial charge < -0.3 is 0 Å². The first-order valence-corrected chi connectivity index (χ1v) is 7.50. The SMILES string of the molecule is O=S(=O)(c1ccccc1)N1CNCc2ccccc21. The topological polar surface area (TPSA) is 49.4 Å². The third-order valence-electron chi connectivity index (χ3n) is 3.16. The number of fused-ring (bicyclic) bond motifs is 1. The van der Waals surface area contributed by atoms with E-state index >= 15 is 0 Å². The molecule has 0 saturated heterocycles. The minimum atomic E-state index is -3.50. The minimum absolute atomic E-state index is 0.300. The Bertz CT molecular complexity index is 684. The fourth-order valence-electron chi connectivity index (χ4n) is 2.22. The number of nitrogens with one attached hydrogen (secondary N) is 1. The average Bonchev–Trinajstić information content (AvgIpc) is 2.47. The molecule has 0 amide bonds. The Labute approximate surface area is 112 Å². The van der Waals surface area contributed by atoms with E-state index in [4.69, 9.17) is 0 Å². The summed E-state index contributed by atoms with van der Waals surface area (Å²) in [7, 11) is -3.50. The number of hydrogen-bond donors (Lipinski definition) is 1. The first-order valence-electron chi connectivity index (χ1n) is 6.06. The molecule has 19 heavy (non-hydrogen) atoms. The highest BCUT2D eigenvalue weighted by Gasteiger charge is 2.28. The van der Waals surface area contributed by atoms with Crippen LogP contribution in [-0.4, -0.2) is 15.1 Å². The first-order chi connectivity index (χ1) is 9.19. The standard InChI is InChI=1S/C14H14N2O2S/c17-19(18,13-7-2-1-3-8-13)16-11-15-10-12-6-4-5-9-14(12)16/h1-9,15H,10-11H2. The van der Waals surface area contributed by atoms with Crippen LogP contribution in [0.5, 0.6) is 0 Å². The van der Waals surface area contributed by atoms with Gasteiger partial charge in [0.1, 0.15) is 0 Å². The van der Waals surface area contributed by atoms with E-state index in [1.54, 1.807) is 30.3 Å². The lowest BCUT2D eigenvalue weighted by molar-refractivity contribution is 0.578. The summed E-state index contributed by atoms with van der Waals surface area (Å²) in [5.74, 6) is 0. The summed E-state index contributed by atoms with van der Waals surface area (Å²) in [5.41, 5.74) is 1.75. The van der Waals surface area contributed by atoms with Crippen molar-refractivity contribution in [3.63, 3.8) is 0 Å². The molecule has 0 saturated carbocycles. The second-order valence-electron chi connectivity index (χ2n) is 4.38. The fourth-order valence-corrected chi connectivity index (χ4v) is 3.67. The lowest BCUT2D eigenvalue weighted by Gasteiger charge is -2.30. The highest BCUT2D eigenvalue weighted by Crippen LogP contribution is 2.28. The van der Waals surface area contributed by atoms with Gasteiger partial charge in [0, 0.05) is 6.54 Å². The predicted molar refractivity (Wildman–Crippen MR) is 74.3 cm³/mol. The monoisotopic (exact) mass is 274 g/mol. The van der Waals surface area contributed by atoms with Crippen molar-refractivity contribution < 1.29 is 8.42 Å². The van der Waals surface area contributed by atoms with Crippen LogP contribution >= 0.6 is 0 Å². The summed E-state index contributed by atoms with van der Waals surface area (Å²) < 4.78 is 26.7. The zero-order valence-corrected chi connectivity index (χ0v) is 11.1. The fraction of sp³-hybridized carbons (Fsp3) is 0.143. The van der Waals surface area contributed by atoms with Gasteiger partial charge in [-0.1, -0.05) is 36.4 Å². The van der Waals surface area contributed by atoms with Gasteiger partial charge in [0.05, 0.1) is 17.3 Å². The highest BCUT2D eigenvalue weighted by molar-refractivity contribution is 7.92. The van der Waals surface area contributed by atoms with Crippen molar-refractivity contribution in [2.75, 3.05) is 11.0 Å². The van der Waals surface area contributed by atoms with E-state index in [9.17, 15) is 8.42 Å². The van der Waals surface area contributed by atoms with Gasteiger partial charge in [-0.25, -0.2) is 8.42 Å². The Hall–Kier alpha value is -1.85. The molecule has 4 nitrogen and oxygen atoms in total. The van der Waals surface area contributed by atoms with Crippen molar-refractivity contribution >= 4 is 15.7 Å². The zero-order chi connectivity index (χ0) is 13.3. The lowest BCUT2D eigenvalue weighted by Crippen LogP contribution is -2.42. The van der Waals surface area contributed by atoms with E-state index in [0.717, 1.165) is 11.3 Å². The molecule has 98 valence electrons. The Morgan fingerprint density at radius 3 is 2.42 bits per heavy atom. The molecule has 1 aliphatic heterocycles. The molecule has 1 heterocycles. The van der Waals surface area contributed by atoms with Crippen LogP contribution in [0.1, 0.15) is 5.56 Å². The Balaban J connectivity index is 2.09. The maximum absolute atomic E-state index is 12.6. The van der Waals surface area contributed by atoms with Crippen LogP contribution in [-0.2, 0) is 16.6 Å². The van der Waals surface area contributed by atoms with Crippen LogP contribution in [0.25, 0.3) is 0 Å². The van der Waals surface area contributed by atoms with Crippen LogP contribution in [0.3, 0.4) is 0 Å². The molecule has 0 spiro atoms. The van der Waals surface area contributed by atoms with E-state index in [0.29, 0.717) is 18.1 Å². The van der Waals surface area contributed by atoms with Crippen molar-refractivity contribution in [3.8, 4) is 0 Å². The largest absolute Gasteiger partial charge is 0.295 e. The lowest BCUT2D eigenvalue weighted by atomic mass is 10.1. The van der Waals surface area contributed by atoms with Gasteiger partial charge in [0.25, 0.3) is 10.0 Å². The van der Waals surface area contributed by atoms with Crippen LogP contribution < -0.4 is 9.62 Å². The van der Waals surface area contributed by atoms with Crippen molar-refractivity contribution in [2.24, 2.45) is 0 Å². The minimum Gasteiger partial charge on any atom is -0.295 e. The van der Waals surface area contributed by atoms with Gasteiger partial charge in [-0.3, -0.25) is 9.62 Å². The number of benzene rings is 2. The van der Waals surface area contributed by atoms with Crippen molar-refractivity contribution in [2.45, 2.75) is 11.4 Å². The molecular formula is C14H14N2O2S. The Morgan fingerprint density at radius 2 is 1.63 bits per heavy atom. The van der Waals surface area contributed by atoms with Gasteiger partial charge in [-0.05, 0) is 23.8 Å². The maximum atomic E-state index is 12.6. The predicted octanol–water partition coefficient (Wildman–Crippen LogP) is 1.94. The third-order valence-corrected chi connectivity index (χ3v) is 4.94. The smallest absolute Gasteiger partial charge is 0.265 e. The van der Waals surface area contributed by atoms with Gasteiger partial charge >= 0.3 is 0 Å². The number of para-hydroxylation sites is 1. The van der Waals surface area contributed by atoms with Gasteiger partial charge in [0.2, 0.25) is 0 Å². The molecule has 2 aromatic carbocycles. The van der Waals surface area contributed by atoms with E-state index in [1.165, 1.54) is 4.31 Å². The summed E-state index contributed by atoms with van der Waals surface area (Å²) >= 11 is 0. The molecule has 3 rings (SSSR count). The zero-order valence-electron chi connectivity index (χ0n) is 10.3. The molecule has 2 aromatic rings. The average molecular weight is 274 g/mol. The maximum Gasteiger partial charge on any atom is 0.265 e. The van der Waals surface area contributed by atoms with Gasteiger partial charge in [-0.2, -0.15) is 0 Å². The molecule has 0 fully saturated rings. The number of anilines is 1. The summed E-state index contributed by atoms with van der Waals surface area (Å²) in [6, 6.07) is 16.1. The van der Waals surface area contributed by atoms with Crippen molar-refractivity contribution in [3.05, 3.63) is 60.2 Å². The molecule has 1 aliphatic rings. The second-order valence-corrected chi connectivity index (χ2v) is 6.24. The number of rotatable bonds is 2. The van der Waals surface area contributed by atoms with Crippen molar-refractivity contribution in [1.82, 2.24) is 5.32 Å². The summed E-state index contributed by atoms with van der Waals surface area (Å²) in [4.78, 5) is 0.313. The van der Waals surface area contributed by atoms with Crippen LogP contribution in [0.4, 0.5) is 5.69 Å². The van der Waals surface area contributed by atoms with Crippen LogP contribution in [0.15, 0.2) is 59.5 Å². The highest BCUT2D eigenvalue weighted by atomic mass is 32.2. The quantitative estimate of drug-likeness (QED) is 0.910. The molecule has 5 heteroatoms. The normalized spacial score (nSPS) is 15.1. The molecule has 0 aromatic heterocycles. The van der Waals surface area contributed by atoms with E-state index < -0.39 is 10.0 Å². The second kappa shape index (κ2) is 4.68. The Kier molecular flexibility index (Phi) is 3.00. The summed E-state index contributed by atoms with van der Waals surface area (Å²) in [5, 5.41) is 3.11. The van der Waals surface area contributed by atoms with E-state index in [2.05, 4.69) is 5.32 Å². The summed E-state index contributed by atoms with van der Waals surface area (Å²) in [6.45, 7) is 0.991. The van der Waals surface area contributed by atoms with Gasteiger partial charge in [0.15, 0.2) is 0 Å². The molecule has 1 N–H and O–H groups in total. The van der Waals surface area contributed by atoms with Crippen LogP contribution in [0.2, 0.25) is 0 Å². The molecular weight excluding hydrogens is 260 g/mol. The third kappa shape index (κ3) is 2.11. The van der Waals surface area contributed by atoms with Gasteiger partial charge in [-0.15, -0.1) is 0 Å². The first kappa shape index (κ1) is 12.2. The number of sulfonamides is 1.